The maximum absolute atomic E-state index is 5.17. The van der Waals surface area contributed by atoms with Crippen molar-refractivity contribution in [2.75, 3.05) is 0 Å². The number of nitrogens with one attached hydrogen (secondary N) is 1. The third-order valence-corrected chi connectivity index (χ3v) is 2.53. The van der Waals surface area contributed by atoms with E-state index in [2.05, 4.69) is 20.4 Å². The van der Waals surface area contributed by atoms with Crippen molar-refractivity contribution in [2.24, 2.45) is 0 Å². The zero-order valence-corrected chi connectivity index (χ0v) is 8.93. The molecule has 0 spiro atoms. The van der Waals surface area contributed by atoms with Crippen LogP contribution >= 0.6 is 0 Å². The predicted molar refractivity (Wildman–Crippen MR) is 54.4 cm³/mol. The third kappa shape index (κ3) is 1.83. The van der Waals surface area contributed by atoms with E-state index >= 15 is 0 Å². The van der Waals surface area contributed by atoms with Crippen molar-refractivity contribution in [1.82, 2.24) is 20.4 Å². The molecule has 1 fully saturated rings. The van der Waals surface area contributed by atoms with Crippen LogP contribution in [0.15, 0.2) is 15.3 Å². The number of hydrogen-bond acceptors (Lipinski definition) is 6. The first kappa shape index (κ1) is 9.53. The van der Waals surface area contributed by atoms with Gasteiger partial charge in [-0.25, -0.2) is 4.98 Å². The summed E-state index contributed by atoms with van der Waals surface area (Å²) in [5.41, 5.74) is 0.755. The molecule has 1 aliphatic rings. The zero-order chi connectivity index (χ0) is 11.0. The van der Waals surface area contributed by atoms with Gasteiger partial charge in [-0.3, -0.25) is 0 Å². The van der Waals surface area contributed by atoms with E-state index in [0.29, 0.717) is 30.1 Å². The third-order valence-electron chi connectivity index (χ3n) is 2.53. The van der Waals surface area contributed by atoms with Crippen LogP contribution < -0.4 is 5.32 Å². The highest BCUT2D eigenvalue weighted by Gasteiger charge is 2.21. The van der Waals surface area contributed by atoms with Gasteiger partial charge in [0.15, 0.2) is 12.2 Å². The first-order valence-corrected chi connectivity index (χ1v) is 5.29. The van der Waals surface area contributed by atoms with Gasteiger partial charge in [0.1, 0.15) is 0 Å². The van der Waals surface area contributed by atoms with E-state index < -0.39 is 0 Å². The van der Waals surface area contributed by atoms with Gasteiger partial charge in [0, 0.05) is 6.04 Å². The second-order valence-electron chi connectivity index (χ2n) is 3.94. The fourth-order valence-corrected chi connectivity index (χ4v) is 1.45. The van der Waals surface area contributed by atoms with Crippen molar-refractivity contribution >= 4 is 0 Å². The van der Waals surface area contributed by atoms with E-state index in [-0.39, 0.29) is 0 Å². The zero-order valence-electron chi connectivity index (χ0n) is 8.93. The van der Waals surface area contributed by atoms with E-state index in [4.69, 9.17) is 8.94 Å². The molecular weight excluding hydrogens is 208 g/mol. The quantitative estimate of drug-likeness (QED) is 0.836. The smallest absolute Gasteiger partial charge is 0.295 e. The lowest BCUT2D eigenvalue weighted by molar-refractivity contribution is 0.406. The summed E-state index contributed by atoms with van der Waals surface area (Å²) >= 11 is 0. The maximum atomic E-state index is 5.17. The van der Waals surface area contributed by atoms with Gasteiger partial charge in [-0.2, -0.15) is 4.98 Å². The summed E-state index contributed by atoms with van der Waals surface area (Å²) in [7, 11) is 0. The average molecular weight is 220 g/mol. The van der Waals surface area contributed by atoms with Crippen molar-refractivity contribution < 1.29 is 8.94 Å². The van der Waals surface area contributed by atoms with E-state index in [9.17, 15) is 0 Å². The predicted octanol–water partition coefficient (Wildman–Crippen LogP) is 1.29. The van der Waals surface area contributed by atoms with Crippen LogP contribution in [0.25, 0.3) is 11.7 Å². The Hall–Kier alpha value is -1.69. The van der Waals surface area contributed by atoms with Gasteiger partial charge in [0.05, 0.1) is 12.2 Å². The lowest BCUT2D eigenvalue weighted by Gasteiger charge is -1.94. The van der Waals surface area contributed by atoms with Crippen LogP contribution in [0.4, 0.5) is 0 Å². The van der Waals surface area contributed by atoms with Gasteiger partial charge in [-0.1, -0.05) is 5.16 Å². The molecule has 6 heteroatoms. The van der Waals surface area contributed by atoms with Crippen molar-refractivity contribution in [3.05, 3.63) is 17.9 Å². The highest BCUT2D eigenvalue weighted by molar-refractivity contribution is 5.46. The van der Waals surface area contributed by atoms with Crippen LogP contribution in [0.2, 0.25) is 0 Å². The topological polar surface area (TPSA) is 77.0 Å². The second-order valence-corrected chi connectivity index (χ2v) is 3.94. The minimum absolute atomic E-state index is 0.391. The van der Waals surface area contributed by atoms with Gasteiger partial charge >= 0.3 is 0 Å². The molecule has 0 aliphatic heterocycles. The first-order valence-electron chi connectivity index (χ1n) is 5.29. The fourth-order valence-electron chi connectivity index (χ4n) is 1.45. The number of rotatable bonds is 4. The number of aromatic nitrogens is 3. The van der Waals surface area contributed by atoms with E-state index in [1.54, 1.807) is 0 Å². The molecule has 16 heavy (non-hydrogen) atoms. The Bertz CT molecular complexity index is 486. The standard InChI is InChI=1S/C10H12N4O2/c1-6-9(15-5-12-6)10-13-8(14-16-10)4-11-7-2-3-7/h5,7,11H,2-4H2,1H3. The largest absolute Gasteiger partial charge is 0.438 e. The van der Waals surface area contributed by atoms with Gasteiger partial charge in [-0.05, 0) is 19.8 Å². The molecule has 6 nitrogen and oxygen atoms in total. The minimum atomic E-state index is 0.391. The van der Waals surface area contributed by atoms with E-state index in [1.165, 1.54) is 19.2 Å². The Labute approximate surface area is 92.1 Å². The molecule has 1 N–H and O–H groups in total. The molecule has 2 aromatic rings. The maximum Gasteiger partial charge on any atom is 0.295 e. The summed E-state index contributed by atoms with van der Waals surface area (Å²) < 4.78 is 10.3. The Kier molecular flexibility index (Phi) is 2.21. The molecule has 84 valence electrons. The van der Waals surface area contributed by atoms with Crippen molar-refractivity contribution in [3.8, 4) is 11.7 Å². The van der Waals surface area contributed by atoms with E-state index in [1.807, 2.05) is 6.92 Å². The Morgan fingerprint density at radius 1 is 1.50 bits per heavy atom. The molecule has 2 heterocycles. The van der Waals surface area contributed by atoms with Crippen molar-refractivity contribution in [1.29, 1.82) is 0 Å². The molecule has 3 rings (SSSR count). The molecule has 0 atom stereocenters. The SMILES string of the molecule is Cc1ncoc1-c1nc(CNC2CC2)no1. The summed E-state index contributed by atoms with van der Waals surface area (Å²) in [5, 5.41) is 7.19. The van der Waals surface area contributed by atoms with Crippen LogP contribution in [0.1, 0.15) is 24.4 Å². The summed E-state index contributed by atoms with van der Waals surface area (Å²) in [6.45, 7) is 2.48. The number of nitrogens with zero attached hydrogens (tertiary/aromatic N) is 3. The molecule has 0 saturated heterocycles. The van der Waals surface area contributed by atoms with Crippen molar-refractivity contribution in [2.45, 2.75) is 32.4 Å². The summed E-state index contributed by atoms with van der Waals surface area (Å²) in [6.07, 6.45) is 3.86. The van der Waals surface area contributed by atoms with E-state index in [0.717, 1.165) is 5.69 Å². The number of oxazole rings is 1. The monoisotopic (exact) mass is 220 g/mol. The highest BCUT2D eigenvalue weighted by atomic mass is 16.5. The Morgan fingerprint density at radius 2 is 2.38 bits per heavy atom. The lowest BCUT2D eigenvalue weighted by Crippen LogP contribution is -2.16. The minimum Gasteiger partial charge on any atom is -0.438 e. The molecule has 0 aromatic carbocycles. The molecule has 1 saturated carbocycles. The molecule has 0 amide bonds. The number of hydrogen-bond donors (Lipinski definition) is 1. The first-order chi connectivity index (χ1) is 7.83. The molecule has 0 unspecified atom stereocenters. The molecule has 2 aromatic heterocycles. The average Bonchev–Trinajstić information content (AvgIpc) is 2.82. The Balaban J connectivity index is 1.74. The van der Waals surface area contributed by atoms with Crippen LogP contribution in [-0.2, 0) is 6.54 Å². The summed E-state index contributed by atoms with van der Waals surface area (Å²) in [4.78, 5) is 8.22. The van der Waals surface area contributed by atoms with Crippen LogP contribution in [-0.4, -0.2) is 21.2 Å². The van der Waals surface area contributed by atoms with Gasteiger partial charge in [0.25, 0.3) is 5.89 Å². The summed E-state index contributed by atoms with van der Waals surface area (Å²) in [5.74, 6) is 1.59. The second kappa shape index (κ2) is 3.71. The fraction of sp³-hybridized carbons (Fsp3) is 0.500. The van der Waals surface area contributed by atoms with Crippen LogP contribution in [0.3, 0.4) is 0 Å². The molecule has 1 aliphatic carbocycles. The Morgan fingerprint density at radius 3 is 3.06 bits per heavy atom. The van der Waals surface area contributed by atoms with Gasteiger partial charge in [-0.15, -0.1) is 0 Å². The van der Waals surface area contributed by atoms with Gasteiger partial charge < -0.3 is 14.3 Å². The van der Waals surface area contributed by atoms with Crippen LogP contribution in [0, 0.1) is 6.92 Å². The van der Waals surface area contributed by atoms with Crippen molar-refractivity contribution in [3.63, 3.8) is 0 Å². The normalized spacial score (nSPS) is 15.6. The molecule has 0 radical (unpaired) electrons. The molecular formula is C10H12N4O2. The summed E-state index contributed by atoms with van der Waals surface area (Å²) in [6, 6.07) is 0.633. The number of aryl methyl sites for hydroxylation is 1. The van der Waals surface area contributed by atoms with Gasteiger partial charge in [0.2, 0.25) is 5.76 Å². The lowest BCUT2D eigenvalue weighted by atomic mass is 10.4. The van der Waals surface area contributed by atoms with Crippen LogP contribution in [0.5, 0.6) is 0 Å². The highest BCUT2D eigenvalue weighted by Crippen LogP contribution is 2.21. The molecule has 0 bridgehead atoms.